The summed E-state index contributed by atoms with van der Waals surface area (Å²) >= 11 is 5.76. The lowest BCUT2D eigenvalue weighted by Gasteiger charge is -2.29. The molecule has 1 aliphatic rings. The molecule has 0 unspecified atom stereocenters. The van der Waals surface area contributed by atoms with Gasteiger partial charge in [-0.2, -0.15) is 0 Å². The molecular formula is C12H14ClNO2. The van der Waals surface area contributed by atoms with E-state index < -0.39 is 0 Å². The molecule has 0 saturated carbocycles. The number of aliphatic hydroxyl groups excluding tert-OH is 1. The lowest BCUT2D eigenvalue weighted by atomic mass is 10.1. The molecule has 1 amide bonds. The van der Waals surface area contributed by atoms with Gasteiger partial charge in [0.2, 0.25) is 0 Å². The average molecular weight is 240 g/mol. The van der Waals surface area contributed by atoms with Crippen molar-refractivity contribution >= 4 is 17.5 Å². The van der Waals surface area contributed by atoms with E-state index in [-0.39, 0.29) is 12.0 Å². The number of hydrogen-bond donors (Lipinski definition) is 1. The van der Waals surface area contributed by atoms with E-state index >= 15 is 0 Å². The Morgan fingerprint density at radius 1 is 1.25 bits per heavy atom. The first-order chi connectivity index (χ1) is 7.66. The van der Waals surface area contributed by atoms with Gasteiger partial charge in [-0.3, -0.25) is 4.79 Å². The second-order valence-electron chi connectivity index (χ2n) is 4.03. The van der Waals surface area contributed by atoms with Crippen LogP contribution in [0.25, 0.3) is 0 Å². The van der Waals surface area contributed by atoms with E-state index in [1.165, 1.54) is 0 Å². The maximum Gasteiger partial charge on any atom is 0.253 e. The highest BCUT2D eigenvalue weighted by atomic mass is 35.5. The SMILES string of the molecule is O=C(c1ccc(Cl)cc1)N1CCC(O)CC1. The Balaban J connectivity index is 2.05. The molecule has 1 fully saturated rings. The number of benzene rings is 1. The molecule has 0 aliphatic carbocycles. The van der Waals surface area contributed by atoms with Gasteiger partial charge in [0.1, 0.15) is 0 Å². The molecule has 1 heterocycles. The Morgan fingerprint density at radius 3 is 2.38 bits per heavy atom. The third-order valence-electron chi connectivity index (χ3n) is 2.84. The first kappa shape index (κ1) is 11.4. The fourth-order valence-electron chi connectivity index (χ4n) is 1.84. The van der Waals surface area contributed by atoms with Crippen molar-refractivity contribution < 1.29 is 9.90 Å². The van der Waals surface area contributed by atoms with Crippen LogP contribution in [0.15, 0.2) is 24.3 Å². The number of likely N-dealkylation sites (tertiary alicyclic amines) is 1. The summed E-state index contributed by atoms with van der Waals surface area (Å²) in [4.78, 5) is 13.8. The van der Waals surface area contributed by atoms with E-state index in [1.807, 2.05) is 0 Å². The summed E-state index contributed by atoms with van der Waals surface area (Å²) in [6.07, 6.45) is 1.08. The zero-order valence-corrected chi connectivity index (χ0v) is 9.65. The van der Waals surface area contributed by atoms with Gasteiger partial charge in [-0.25, -0.2) is 0 Å². The fourth-order valence-corrected chi connectivity index (χ4v) is 1.97. The summed E-state index contributed by atoms with van der Waals surface area (Å²) < 4.78 is 0. The maximum absolute atomic E-state index is 12.0. The van der Waals surface area contributed by atoms with Gasteiger partial charge in [0.25, 0.3) is 5.91 Å². The number of carbonyl (C=O) groups is 1. The van der Waals surface area contributed by atoms with Crippen LogP contribution in [-0.4, -0.2) is 35.1 Å². The van der Waals surface area contributed by atoms with Gasteiger partial charge in [-0.1, -0.05) is 11.6 Å². The van der Waals surface area contributed by atoms with Gasteiger partial charge in [0.15, 0.2) is 0 Å². The Morgan fingerprint density at radius 2 is 1.81 bits per heavy atom. The van der Waals surface area contributed by atoms with Crippen LogP contribution < -0.4 is 0 Å². The summed E-state index contributed by atoms with van der Waals surface area (Å²) in [6.45, 7) is 1.26. The highest BCUT2D eigenvalue weighted by Gasteiger charge is 2.21. The lowest BCUT2D eigenvalue weighted by molar-refractivity contribution is 0.0546. The van der Waals surface area contributed by atoms with E-state index in [4.69, 9.17) is 11.6 Å². The second-order valence-corrected chi connectivity index (χ2v) is 4.47. The zero-order chi connectivity index (χ0) is 11.5. The molecule has 4 heteroatoms. The van der Waals surface area contributed by atoms with E-state index in [1.54, 1.807) is 29.2 Å². The van der Waals surface area contributed by atoms with Crippen LogP contribution in [-0.2, 0) is 0 Å². The van der Waals surface area contributed by atoms with Gasteiger partial charge in [0.05, 0.1) is 6.10 Å². The third kappa shape index (κ3) is 2.54. The van der Waals surface area contributed by atoms with Crippen molar-refractivity contribution in [2.75, 3.05) is 13.1 Å². The molecule has 1 aliphatic heterocycles. The summed E-state index contributed by atoms with van der Waals surface area (Å²) in [7, 11) is 0. The molecule has 86 valence electrons. The quantitative estimate of drug-likeness (QED) is 0.814. The van der Waals surface area contributed by atoms with E-state index in [2.05, 4.69) is 0 Å². The van der Waals surface area contributed by atoms with Crippen molar-refractivity contribution in [3.8, 4) is 0 Å². The third-order valence-corrected chi connectivity index (χ3v) is 3.09. The van der Waals surface area contributed by atoms with Crippen molar-refractivity contribution in [3.63, 3.8) is 0 Å². The van der Waals surface area contributed by atoms with Gasteiger partial charge in [0, 0.05) is 23.7 Å². The summed E-state index contributed by atoms with van der Waals surface area (Å²) in [5.74, 6) is 0.0172. The maximum atomic E-state index is 12.0. The van der Waals surface area contributed by atoms with Gasteiger partial charge < -0.3 is 10.0 Å². The number of rotatable bonds is 1. The lowest BCUT2D eigenvalue weighted by Crippen LogP contribution is -2.40. The largest absolute Gasteiger partial charge is 0.393 e. The molecule has 0 aromatic heterocycles. The van der Waals surface area contributed by atoms with Crippen LogP contribution in [0.5, 0.6) is 0 Å². The molecule has 1 saturated heterocycles. The number of carbonyl (C=O) groups excluding carboxylic acids is 1. The number of hydrogen-bond acceptors (Lipinski definition) is 2. The molecule has 1 aromatic rings. The topological polar surface area (TPSA) is 40.5 Å². The van der Waals surface area contributed by atoms with Crippen LogP contribution in [0.4, 0.5) is 0 Å². The molecule has 3 nitrogen and oxygen atoms in total. The number of halogens is 1. The highest BCUT2D eigenvalue weighted by Crippen LogP contribution is 2.15. The average Bonchev–Trinajstić information content (AvgIpc) is 2.30. The number of nitrogens with zero attached hydrogens (tertiary/aromatic N) is 1. The minimum Gasteiger partial charge on any atom is -0.393 e. The van der Waals surface area contributed by atoms with Crippen LogP contribution >= 0.6 is 11.6 Å². The minimum atomic E-state index is -0.255. The van der Waals surface area contributed by atoms with Crippen molar-refractivity contribution in [1.29, 1.82) is 0 Å². The number of piperidine rings is 1. The van der Waals surface area contributed by atoms with E-state index in [9.17, 15) is 9.90 Å². The van der Waals surface area contributed by atoms with Crippen molar-refractivity contribution in [2.45, 2.75) is 18.9 Å². The molecular weight excluding hydrogens is 226 g/mol. The predicted molar refractivity (Wildman–Crippen MR) is 62.6 cm³/mol. The Bertz CT molecular complexity index is 369. The molecule has 0 radical (unpaired) electrons. The fraction of sp³-hybridized carbons (Fsp3) is 0.417. The van der Waals surface area contributed by atoms with E-state index in [0.29, 0.717) is 36.5 Å². The number of amides is 1. The predicted octanol–water partition coefficient (Wildman–Crippen LogP) is 1.94. The first-order valence-corrected chi connectivity index (χ1v) is 5.77. The standard InChI is InChI=1S/C12H14ClNO2/c13-10-3-1-9(2-4-10)12(16)14-7-5-11(15)6-8-14/h1-4,11,15H,5-8H2. The second kappa shape index (κ2) is 4.85. The van der Waals surface area contributed by atoms with Gasteiger partial charge in [-0.15, -0.1) is 0 Å². The zero-order valence-electron chi connectivity index (χ0n) is 8.90. The monoisotopic (exact) mass is 239 g/mol. The van der Waals surface area contributed by atoms with Gasteiger partial charge >= 0.3 is 0 Å². The molecule has 0 spiro atoms. The molecule has 0 bridgehead atoms. The van der Waals surface area contributed by atoms with Crippen molar-refractivity contribution in [3.05, 3.63) is 34.9 Å². The van der Waals surface area contributed by atoms with Crippen LogP contribution in [0, 0.1) is 0 Å². The normalized spacial score (nSPS) is 17.5. The molecule has 16 heavy (non-hydrogen) atoms. The smallest absolute Gasteiger partial charge is 0.253 e. The molecule has 0 atom stereocenters. The van der Waals surface area contributed by atoms with Crippen molar-refractivity contribution in [2.24, 2.45) is 0 Å². The van der Waals surface area contributed by atoms with E-state index in [0.717, 1.165) is 0 Å². The molecule has 1 aromatic carbocycles. The Labute approximate surface area is 99.6 Å². The Hall–Kier alpha value is -1.06. The van der Waals surface area contributed by atoms with Crippen LogP contribution in [0.1, 0.15) is 23.2 Å². The molecule has 1 N–H and O–H groups in total. The Kier molecular flexibility index (Phi) is 3.46. The molecule has 2 rings (SSSR count). The first-order valence-electron chi connectivity index (χ1n) is 5.40. The summed E-state index contributed by atoms with van der Waals surface area (Å²) in [6, 6.07) is 6.90. The minimum absolute atomic E-state index is 0.0172. The van der Waals surface area contributed by atoms with Gasteiger partial charge in [-0.05, 0) is 37.1 Å². The summed E-state index contributed by atoms with van der Waals surface area (Å²) in [5, 5.41) is 9.99. The van der Waals surface area contributed by atoms with Crippen molar-refractivity contribution in [1.82, 2.24) is 4.90 Å². The van der Waals surface area contributed by atoms with Crippen LogP contribution in [0.2, 0.25) is 5.02 Å². The summed E-state index contributed by atoms with van der Waals surface area (Å²) in [5.41, 5.74) is 0.654. The van der Waals surface area contributed by atoms with Crippen LogP contribution in [0.3, 0.4) is 0 Å². The number of aliphatic hydroxyl groups is 1. The highest BCUT2D eigenvalue weighted by molar-refractivity contribution is 6.30.